The zero-order valence-electron chi connectivity index (χ0n) is 11.7. The first-order chi connectivity index (χ1) is 9.63. The summed E-state index contributed by atoms with van der Waals surface area (Å²) < 4.78 is 0. The Morgan fingerprint density at radius 2 is 1.85 bits per heavy atom. The van der Waals surface area contributed by atoms with Gasteiger partial charge in [-0.1, -0.05) is 6.07 Å². The molecule has 0 bridgehead atoms. The molecule has 1 aromatic carbocycles. The van der Waals surface area contributed by atoms with Gasteiger partial charge in [0.2, 0.25) is 5.82 Å². The van der Waals surface area contributed by atoms with E-state index in [4.69, 9.17) is 0 Å². The Labute approximate surface area is 117 Å². The Hall–Kier alpha value is -2.08. The first-order valence-corrected chi connectivity index (χ1v) is 6.72. The number of aromatic nitrogens is 3. The molecule has 6 nitrogen and oxygen atoms in total. The van der Waals surface area contributed by atoms with Crippen molar-refractivity contribution in [3.63, 3.8) is 0 Å². The van der Waals surface area contributed by atoms with Gasteiger partial charge in [0.25, 0.3) is 5.91 Å². The van der Waals surface area contributed by atoms with Gasteiger partial charge in [0.05, 0.1) is 5.52 Å². The highest BCUT2D eigenvalue weighted by Gasteiger charge is 2.23. The largest absolute Gasteiger partial charge is 0.333 e. The minimum absolute atomic E-state index is 0.131. The Kier molecular flexibility index (Phi) is 3.31. The fourth-order valence-electron chi connectivity index (χ4n) is 2.29. The molecule has 1 fully saturated rings. The molecule has 0 aliphatic carbocycles. The second-order valence-electron chi connectivity index (χ2n) is 5.22. The summed E-state index contributed by atoms with van der Waals surface area (Å²) >= 11 is 0. The van der Waals surface area contributed by atoms with Crippen LogP contribution in [0.5, 0.6) is 0 Å². The number of carbonyl (C=O) groups is 1. The van der Waals surface area contributed by atoms with Gasteiger partial charge in [0.1, 0.15) is 5.52 Å². The maximum atomic E-state index is 12.4. The summed E-state index contributed by atoms with van der Waals surface area (Å²) in [6.45, 7) is 5.18. The molecule has 1 amide bonds. The molecule has 1 aliphatic heterocycles. The molecule has 20 heavy (non-hydrogen) atoms. The lowest BCUT2D eigenvalue weighted by atomic mass is 10.2. The molecule has 2 heterocycles. The average Bonchev–Trinajstić information content (AvgIpc) is 2.46. The number of carbonyl (C=O) groups excluding carboxylic acids is 1. The van der Waals surface area contributed by atoms with Crippen molar-refractivity contribution in [3.8, 4) is 0 Å². The molecule has 0 radical (unpaired) electrons. The third-order valence-corrected chi connectivity index (χ3v) is 3.59. The topological polar surface area (TPSA) is 62.2 Å². The number of nitrogens with zero attached hydrogens (tertiary/aromatic N) is 5. The van der Waals surface area contributed by atoms with Crippen LogP contribution in [-0.2, 0) is 0 Å². The first-order valence-electron chi connectivity index (χ1n) is 6.72. The molecule has 3 rings (SSSR count). The van der Waals surface area contributed by atoms with Gasteiger partial charge in [0.15, 0.2) is 0 Å². The van der Waals surface area contributed by atoms with E-state index in [1.165, 1.54) is 0 Å². The third kappa shape index (κ3) is 2.46. The first kappa shape index (κ1) is 12.9. The predicted molar refractivity (Wildman–Crippen MR) is 75.5 cm³/mol. The second-order valence-corrected chi connectivity index (χ2v) is 5.22. The van der Waals surface area contributed by atoms with Crippen molar-refractivity contribution in [2.45, 2.75) is 6.92 Å². The Morgan fingerprint density at radius 1 is 1.10 bits per heavy atom. The van der Waals surface area contributed by atoms with Crippen LogP contribution in [0.3, 0.4) is 0 Å². The number of rotatable bonds is 1. The van der Waals surface area contributed by atoms with Gasteiger partial charge < -0.3 is 9.80 Å². The highest BCUT2D eigenvalue weighted by atomic mass is 16.2. The highest BCUT2D eigenvalue weighted by Crippen LogP contribution is 2.11. The highest BCUT2D eigenvalue weighted by molar-refractivity contribution is 5.92. The van der Waals surface area contributed by atoms with E-state index in [9.17, 15) is 4.79 Å². The van der Waals surface area contributed by atoms with Gasteiger partial charge >= 0.3 is 0 Å². The van der Waals surface area contributed by atoms with Crippen LogP contribution < -0.4 is 0 Å². The van der Waals surface area contributed by atoms with Crippen LogP contribution in [-0.4, -0.2) is 64.1 Å². The van der Waals surface area contributed by atoms with Crippen LogP contribution in [0.15, 0.2) is 18.2 Å². The van der Waals surface area contributed by atoms with E-state index in [1.54, 1.807) is 4.90 Å². The summed E-state index contributed by atoms with van der Waals surface area (Å²) in [5.41, 5.74) is 2.53. The summed E-state index contributed by atoms with van der Waals surface area (Å²) in [7, 11) is 2.05. The zero-order chi connectivity index (χ0) is 14.1. The van der Waals surface area contributed by atoms with E-state index in [-0.39, 0.29) is 11.7 Å². The minimum atomic E-state index is -0.131. The molecule has 0 N–H and O–H groups in total. The van der Waals surface area contributed by atoms with Crippen LogP contribution in [0.1, 0.15) is 16.2 Å². The van der Waals surface area contributed by atoms with Gasteiger partial charge in [-0.3, -0.25) is 4.79 Å². The normalized spacial score (nSPS) is 16.6. The predicted octanol–water partition coefficient (Wildman–Crippen LogP) is 0.721. The van der Waals surface area contributed by atoms with E-state index in [1.807, 2.05) is 25.1 Å². The lowest BCUT2D eigenvalue weighted by Crippen LogP contribution is -2.47. The summed E-state index contributed by atoms with van der Waals surface area (Å²) in [6.07, 6.45) is 0. The third-order valence-electron chi connectivity index (χ3n) is 3.59. The molecule has 0 saturated carbocycles. The maximum absolute atomic E-state index is 12.4. The smallest absolute Gasteiger partial charge is 0.293 e. The van der Waals surface area contributed by atoms with Crippen LogP contribution in [0.2, 0.25) is 0 Å². The SMILES string of the molecule is Cc1ccc2nnc(C(=O)N3CCN(C)CC3)nc2c1. The van der Waals surface area contributed by atoms with Gasteiger partial charge in [-0.05, 0) is 31.7 Å². The minimum Gasteiger partial charge on any atom is -0.333 e. The summed E-state index contributed by atoms with van der Waals surface area (Å²) in [5, 5.41) is 8.05. The van der Waals surface area contributed by atoms with E-state index in [0.29, 0.717) is 18.6 Å². The Morgan fingerprint density at radius 3 is 2.60 bits per heavy atom. The van der Waals surface area contributed by atoms with Gasteiger partial charge in [0, 0.05) is 26.2 Å². The molecular weight excluding hydrogens is 254 g/mol. The lowest BCUT2D eigenvalue weighted by Gasteiger charge is -2.31. The van der Waals surface area contributed by atoms with Crippen LogP contribution in [0, 0.1) is 6.92 Å². The van der Waals surface area contributed by atoms with Crippen LogP contribution >= 0.6 is 0 Å². The molecule has 6 heteroatoms. The number of amides is 1. The quantitative estimate of drug-likeness (QED) is 0.765. The number of hydrogen-bond acceptors (Lipinski definition) is 5. The fraction of sp³-hybridized carbons (Fsp3) is 0.429. The number of piperazine rings is 1. The molecule has 2 aromatic rings. The second kappa shape index (κ2) is 5.13. The van der Waals surface area contributed by atoms with E-state index in [2.05, 4.69) is 27.1 Å². The van der Waals surface area contributed by atoms with Crippen molar-refractivity contribution < 1.29 is 4.79 Å². The number of likely N-dealkylation sites (N-methyl/N-ethyl adjacent to an activating group) is 1. The molecule has 1 aromatic heterocycles. The summed E-state index contributed by atoms with van der Waals surface area (Å²) in [5.74, 6) is 0.0571. The molecule has 0 spiro atoms. The van der Waals surface area contributed by atoms with Gasteiger partial charge in [-0.15, -0.1) is 10.2 Å². The van der Waals surface area contributed by atoms with Crippen molar-refractivity contribution in [3.05, 3.63) is 29.6 Å². The molecule has 0 unspecified atom stereocenters. The van der Waals surface area contributed by atoms with Crippen molar-refractivity contribution >= 4 is 16.9 Å². The number of hydrogen-bond donors (Lipinski definition) is 0. The van der Waals surface area contributed by atoms with E-state index in [0.717, 1.165) is 24.2 Å². The van der Waals surface area contributed by atoms with E-state index < -0.39 is 0 Å². The van der Waals surface area contributed by atoms with Gasteiger partial charge in [-0.25, -0.2) is 4.98 Å². The number of aryl methyl sites for hydroxylation is 1. The molecule has 1 aliphatic rings. The average molecular weight is 271 g/mol. The lowest BCUT2D eigenvalue weighted by molar-refractivity contribution is 0.0651. The zero-order valence-corrected chi connectivity index (χ0v) is 11.7. The Balaban J connectivity index is 1.87. The molecule has 104 valence electrons. The van der Waals surface area contributed by atoms with Crippen LogP contribution in [0.25, 0.3) is 11.0 Å². The number of fused-ring (bicyclic) bond motifs is 1. The van der Waals surface area contributed by atoms with Crippen molar-refractivity contribution in [1.29, 1.82) is 0 Å². The monoisotopic (exact) mass is 271 g/mol. The summed E-state index contributed by atoms with van der Waals surface area (Å²) in [4.78, 5) is 20.7. The maximum Gasteiger partial charge on any atom is 0.293 e. The molecule has 1 saturated heterocycles. The fourth-order valence-corrected chi connectivity index (χ4v) is 2.29. The molecular formula is C14H17N5O. The van der Waals surface area contributed by atoms with Gasteiger partial charge in [-0.2, -0.15) is 0 Å². The Bertz CT molecular complexity index is 649. The standard InChI is InChI=1S/C14H17N5O/c1-10-3-4-11-12(9-10)15-13(17-16-11)14(20)19-7-5-18(2)6-8-19/h3-4,9H,5-8H2,1-2H3. The van der Waals surface area contributed by atoms with Crippen molar-refractivity contribution in [1.82, 2.24) is 25.0 Å². The number of benzene rings is 1. The van der Waals surface area contributed by atoms with Crippen LogP contribution in [0.4, 0.5) is 0 Å². The van der Waals surface area contributed by atoms with E-state index >= 15 is 0 Å². The van der Waals surface area contributed by atoms with Crippen molar-refractivity contribution in [2.75, 3.05) is 33.2 Å². The molecule has 0 atom stereocenters. The van der Waals surface area contributed by atoms with Crippen molar-refractivity contribution in [2.24, 2.45) is 0 Å². The summed E-state index contributed by atoms with van der Waals surface area (Å²) in [6, 6.07) is 5.75.